The molecule has 0 aliphatic carbocycles. The van der Waals surface area contributed by atoms with Gasteiger partial charge < -0.3 is 19.3 Å². The van der Waals surface area contributed by atoms with Gasteiger partial charge in [-0.3, -0.25) is 24.7 Å². The molecule has 3 aliphatic rings. The number of hydrogen-bond acceptors (Lipinski definition) is 8. The van der Waals surface area contributed by atoms with Crippen molar-refractivity contribution < 1.29 is 28.7 Å². The SMILES string of the molecule is CCOC(=O)Nc1ccc2c(c1)CC1(C(=O)N(C)C(=O)N(C)C1=O)[C@H]1CN(c3ccccc3OC)CCN21. The average Bonchev–Trinajstić information content (AvgIpc) is 2.93. The van der Waals surface area contributed by atoms with E-state index in [9.17, 15) is 19.2 Å². The Morgan fingerprint density at radius 3 is 2.42 bits per heavy atom. The van der Waals surface area contributed by atoms with Crippen molar-refractivity contribution in [2.45, 2.75) is 19.4 Å². The number of rotatable bonds is 4. The van der Waals surface area contributed by atoms with Gasteiger partial charge in [0, 0.05) is 45.1 Å². The lowest BCUT2D eigenvalue weighted by atomic mass is 9.67. The van der Waals surface area contributed by atoms with Gasteiger partial charge >= 0.3 is 12.1 Å². The third-order valence-corrected chi connectivity index (χ3v) is 7.70. The number of amides is 5. The highest BCUT2D eigenvalue weighted by molar-refractivity contribution is 6.20. The van der Waals surface area contributed by atoms with Gasteiger partial charge in [0.05, 0.1) is 25.4 Å². The first-order valence-electron chi connectivity index (χ1n) is 12.5. The fourth-order valence-corrected chi connectivity index (χ4v) is 5.92. The summed E-state index contributed by atoms with van der Waals surface area (Å²) in [5.74, 6) is -0.361. The van der Waals surface area contributed by atoms with Crippen LogP contribution in [0.1, 0.15) is 12.5 Å². The lowest BCUT2D eigenvalue weighted by molar-refractivity contribution is -0.159. The maximum absolute atomic E-state index is 13.9. The lowest BCUT2D eigenvalue weighted by Gasteiger charge is -2.56. The first-order valence-corrected chi connectivity index (χ1v) is 12.5. The minimum atomic E-state index is -1.53. The number of nitrogens with one attached hydrogen (secondary N) is 1. The van der Waals surface area contributed by atoms with Gasteiger partial charge in [0.25, 0.3) is 0 Å². The van der Waals surface area contributed by atoms with Crippen LogP contribution in [0.15, 0.2) is 42.5 Å². The Hall–Kier alpha value is -4.28. The van der Waals surface area contributed by atoms with Crippen LogP contribution in [0, 0.1) is 5.41 Å². The van der Waals surface area contributed by atoms with Gasteiger partial charge in [0.2, 0.25) is 11.8 Å². The topological polar surface area (TPSA) is 112 Å². The quantitative estimate of drug-likeness (QED) is 0.611. The third kappa shape index (κ3) is 3.80. The smallest absolute Gasteiger partial charge is 0.411 e. The molecule has 1 N–H and O–H groups in total. The number of hydrogen-bond donors (Lipinski definition) is 1. The molecule has 2 aromatic rings. The van der Waals surface area contributed by atoms with Crippen molar-refractivity contribution in [1.29, 1.82) is 0 Å². The van der Waals surface area contributed by atoms with E-state index in [-0.39, 0.29) is 13.0 Å². The second kappa shape index (κ2) is 9.55. The van der Waals surface area contributed by atoms with Crippen LogP contribution in [0.2, 0.25) is 0 Å². The zero-order valence-electron chi connectivity index (χ0n) is 21.9. The molecule has 2 saturated heterocycles. The lowest BCUT2D eigenvalue weighted by Crippen LogP contribution is -2.74. The number of urea groups is 1. The number of benzene rings is 2. The number of methoxy groups -OCH3 is 1. The Bertz CT molecular complexity index is 1290. The van der Waals surface area contributed by atoms with Crippen LogP contribution in [-0.2, 0) is 20.7 Å². The van der Waals surface area contributed by atoms with Crippen molar-refractivity contribution in [3.8, 4) is 5.75 Å². The molecule has 11 heteroatoms. The molecule has 0 unspecified atom stereocenters. The van der Waals surface area contributed by atoms with Crippen LogP contribution in [0.3, 0.4) is 0 Å². The summed E-state index contributed by atoms with van der Waals surface area (Å²) in [5, 5.41) is 2.70. The average molecular weight is 522 g/mol. The number of carbonyl (C=O) groups excluding carboxylic acids is 4. The molecule has 1 atom stereocenters. The van der Waals surface area contributed by atoms with E-state index in [1.54, 1.807) is 26.2 Å². The van der Waals surface area contributed by atoms with Crippen LogP contribution >= 0.6 is 0 Å². The number of barbiturate groups is 1. The molecule has 2 aromatic carbocycles. The van der Waals surface area contributed by atoms with Crippen molar-refractivity contribution in [1.82, 2.24) is 9.80 Å². The number of piperazine rings is 1. The van der Waals surface area contributed by atoms with Gasteiger partial charge in [-0.1, -0.05) is 12.1 Å². The van der Waals surface area contributed by atoms with Crippen molar-refractivity contribution in [2.75, 3.05) is 62.6 Å². The molecule has 0 aromatic heterocycles. The van der Waals surface area contributed by atoms with E-state index in [1.165, 1.54) is 14.1 Å². The largest absolute Gasteiger partial charge is 0.495 e. The molecule has 0 radical (unpaired) electrons. The molecule has 5 amide bonds. The fraction of sp³-hybridized carbons (Fsp3) is 0.407. The van der Waals surface area contributed by atoms with Gasteiger partial charge in [-0.2, -0.15) is 0 Å². The van der Waals surface area contributed by atoms with Gasteiger partial charge in [0.1, 0.15) is 5.75 Å². The molecule has 3 heterocycles. The maximum Gasteiger partial charge on any atom is 0.411 e. The molecule has 3 aliphatic heterocycles. The Balaban J connectivity index is 1.61. The van der Waals surface area contributed by atoms with Gasteiger partial charge in [0.15, 0.2) is 5.41 Å². The van der Waals surface area contributed by atoms with Crippen molar-refractivity contribution in [3.05, 3.63) is 48.0 Å². The first-order chi connectivity index (χ1) is 18.2. The van der Waals surface area contributed by atoms with Gasteiger partial charge in [-0.15, -0.1) is 0 Å². The second-order valence-electron chi connectivity index (χ2n) is 9.68. The Labute approximate surface area is 220 Å². The molecular weight excluding hydrogens is 490 g/mol. The Morgan fingerprint density at radius 2 is 1.74 bits per heavy atom. The minimum Gasteiger partial charge on any atom is -0.495 e. The first kappa shape index (κ1) is 25.4. The predicted octanol–water partition coefficient (Wildman–Crippen LogP) is 2.55. The number of anilines is 3. The predicted molar refractivity (Wildman–Crippen MR) is 141 cm³/mol. The summed E-state index contributed by atoms with van der Waals surface area (Å²) < 4.78 is 10.6. The normalized spacial score (nSPS) is 20.3. The van der Waals surface area contributed by atoms with E-state index in [4.69, 9.17) is 9.47 Å². The molecule has 11 nitrogen and oxygen atoms in total. The number of carbonyl (C=O) groups is 4. The van der Waals surface area contributed by atoms with Crippen LogP contribution < -0.4 is 19.9 Å². The van der Waals surface area contributed by atoms with Crippen LogP contribution in [0.4, 0.5) is 26.7 Å². The molecule has 2 fully saturated rings. The van der Waals surface area contributed by atoms with E-state index < -0.39 is 35.4 Å². The number of ether oxygens (including phenoxy) is 2. The Morgan fingerprint density at radius 1 is 1.03 bits per heavy atom. The van der Waals surface area contributed by atoms with E-state index in [2.05, 4.69) is 15.1 Å². The summed E-state index contributed by atoms with van der Waals surface area (Å²) in [4.78, 5) is 58.9. The van der Waals surface area contributed by atoms with Crippen LogP contribution in [0.25, 0.3) is 0 Å². The molecule has 5 rings (SSSR count). The third-order valence-electron chi connectivity index (χ3n) is 7.70. The van der Waals surface area contributed by atoms with Crippen molar-refractivity contribution in [3.63, 3.8) is 0 Å². The number of para-hydroxylation sites is 2. The monoisotopic (exact) mass is 521 g/mol. The molecule has 38 heavy (non-hydrogen) atoms. The highest BCUT2D eigenvalue weighted by Crippen LogP contribution is 2.48. The van der Waals surface area contributed by atoms with E-state index in [1.807, 2.05) is 30.3 Å². The van der Waals surface area contributed by atoms with Gasteiger partial charge in [-0.05, 0) is 49.2 Å². The fourth-order valence-electron chi connectivity index (χ4n) is 5.92. The zero-order valence-corrected chi connectivity index (χ0v) is 21.9. The summed E-state index contributed by atoms with van der Waals surface area (Å²) in [6.45, 7) is 3.48. The molecule has 0 saturated carbocycles. The standard InChI is InChI=1S/C27H31N5O6/c1-5-38-25(35)28-18-10-11-19-17(14-18)15-27(23(33)29(2)26(36)30(3)24(27)34)22-16-31(12-13-32(19)22)20-8-6-7-9-21(20)37-4/h6-11,14,22H,5,12-13,15-16H2,1-4H3,(H,28,35)/t22-/m1/s1. The Kier molecular flexibility index (Phi) is 6.38. The van der Waals surface area contributed by atoms with E-state index >= 15 is 0 Å². The maximum atomic E-state index is 13.9. The second-order valence-corrected chi connectivity index (χ2v) is 9.68. The summed E-state index contributed by atoms with van der Waals surface area (Å²) in [5.41, 5.74) is 1.46. The van der Waals surface area contributed by atoms with Crippen LogP contribution in [-0.4, -0.2) is 87.2 Å². The summed E-state index contributed by atoms with van der Waals surface area (Å²) in [6.07, 6.45) is -0.502. The van der Waals surface area contributed by atoms with Crippen LogP contribution in [0.5, 0.6) is 5.75 Å². The van der Waals surface area contributed by atoms with E-state index in [0.29, 0.717) is 31.1 Å². The van der Waals surface area contributed by atoms with Crippen molar-refractivity contribution >= 4 is 41.0 Å². The summed E-state index contributed by atoms with van der Waals surface area (Å²) in [7, 11) is 4.43. The molecular formula is C27H31N5O6. The highest BCUT2D eigenvalue weighted by atomic mass is 16.5. The highest BCUT2D eigenvalue weighted by Gasteiger charge is 2.64. The summed E-state index contributed by atoms with van der Waals surface area (Å²) >= 11 is 0. The van der Waals surface area contributed by atoms with E-state index in [0.717, 1.165) is 26.7 Å². The summed E-state index contributed by atoms with van der Waals surface area (Å²) in [6, 6.07) is 11.9. The molecule has 200 valence electrons. The molecule has 0 bridgehead atoms. The zero-order chi connectivity index (χ0) is 27.2. The number of nitrogens with zero attached hydrogens (tertiary/aromatic N) is 4. The number of fused-ring (bicyclic) bond motifs is 4. The molecule has 1 spiro atoms. The number of imide groups is 2. The van der Waals surface area contributed by atoms with Gasteiger partial charge in [-0.25, -0.2) is 9.59 Å². The van der Waals surface area contributed by atoms with Crippen molar-refractivity contribution in [2.24, 2.45) is 5.41 Å². The minimum absolute atomic E-state index is 0.0846.